The van der Waals surface area contributed by atoms with Crippen LogP contribution in [0.4, 0.5) is 4.79 Å². The maximum Gasteiger partial charge on any atom is 0.413 e. The van der Waals surface area contributed by atoms with E-state index in [1.54, 1.807) is 24.3 Å². The van der Waals surface area contributed by atoms with Gasteiger partial charge in [-0.05, 0) is 12.0 Å². The van der Waals surface area contributed by atoms with Crippen molar-refractivity contribution in [2.45, 2.75) is 25.5 Å². The molecule has 134 valence electrons. The molecule has 0 bridgehead atoms. The summed E-state index contributed by atoms with van der Waals surface area (Å²) in [5.41, 5.74) is 1.43. The smallest absolute Gasteiger partial charge is 0.413 e. The van der Waals surface area contributed by atoms with E-state index in [-0.39, 0.29) is 32.0 Å². The molecule has 0 unspecified atom stereocenters. The number of cyclic esters (lactones) is 1. The Morgan fingerprint density at radius 1 is 1.04 bits per heavy atom. The summed E-state index contributed by atoms with van der Waals surface area (Å²) in [6, 6.07) is 17.3. The number of Topliss-reactive ketones (excluding diaryl/α,β-unsaturated/α-hetero) is 1. The van der Waals surface area contributed by atoms with Crippen LogP contribution in [0.3, 0.4) is 0 Å². The van der Waals surface area contributed by atoms with E-state index in [4.69, 9.17) is 9.47 Å². The number of ether oxygens (including phenoxy) is 2. The maximum absolute atomic E-state index is 12.3. The Morgan fingerprint density at radius 3 is 2.38 bits per heavy atom. The number of hydrogen-bond donors (Lipinski definition) is 0. The lowest BCUT2D eigenvalue weighted by molar-refractivity contribution is -0.139. The molecule has 1 aliphatic heterocycles. The highest BCUT2D eigenvalue weighted by Crippen LogP contribution is 2.19. The molecule has 1 atom stereocenters. The Labute approximate surface area is 151 Å². The van der Waals surface area contributed by atoms with Crippen LogP contribution in [0, 0.1) is 0 Å². The fourth-order valence-corrected chi connectivity index (χ4v) is 2.74. The van der Waals surface area contributed by atoms with E-state index in [2.05, 4.69) is 0 Å². The van der Waals surface area contributed by atoms with E-state index >= 15 is 0 Å². The van der Waals surface area contributed by atoms with Gasteiger partial charge in [0.1, 0.15) is 12.6 Å². The first-order valence-corrected chi connectivity index (χ1v) is 8.37. The molecule has 3 rings (SSSR count). The zero-order valence-electron chi connectivity index (χ0n) is 14.2. The number of carbonyl (C=O) groups is 3. The van der Waals surface area contributed by atoms with Crippen molar-refractivity contribution in [3.05, 3.63) is 71.8 Å². The van der Waals surface area contributed by atoms with E-state index in [0.29, 0.717) is 5.56 Å². The number of rotatable bonds is 6. The minimum Gasteiger partial charge on any atom is -0.444 e. The molecule has 6 nitrogen and oxygen atoms in total. The largest absolute Gasteiger partial charge is 0.444 e. The first-order valence-electron chi connectivity index (χ1n) is 8.37. The van der Waals surface area contributed by atoms with Gasteiger partial charge in [0.25, 0.3) is 0 Å². The van der Waals surface area contributed by atoms with Crippen molar-refractivity contribution in [2.75, 3.05) is 6.73 Å². The van der Waals surface area contributed by atoms with Gasteiger partial charge in [0.05, 0.1) is 0 Å². The van der Waals surface area contributed by atoms with Gasteiger partial charge < -0.3 is 9.47 Å². The Morgan fingerprint density at radius 2 is 1.69 bits per heavy atom. The first kappa shape index (κ1) is 17.7. The maximum atomic E-state index is 12.3. The average molecular weight is 353 g/mol. The number of carbonyl (C=O) groups excluding carboxylic acids is 3. The molecule has 1 heterocycles. The van der Waals surface area contributed by atoms with Gasteiger partial charge in [-0.2, -0.15) is 0 Å². The van der Waals surface area contributed by atoms with Gasteiger partial charge in [0.15, 0.2) is 12.5 Å². The quantitative estimate of drug-likeness (QED) is 0.589. The van der Waals surface area contributed by atoms with Gasteiger partial charge in [-0.1, -0.05) is 60.7 Å². The van der Waals surface area contributed by atoms with Crippen LogP contribution < -0.4 is 0 Å². The zero-order valence-corrected chi connectivity index (χ0v) is 14.2. The summed E-state index contributed by atoms with van der Waals surface area (Å²) in [4.78, 5) is 37.6. The van der Waals surface area contributed by atoms with E-state index in [1.165, 1.54) is 4.90 Å². The van der Waals surface area contributed by atoms with Crippen LogP contribution in [-0.4, -0.2) is 35.5 Å². The van der Waals surface area contributed by atoms with Crippen LogP contribution in [0.2, 0.25) is 0 Å². The van der Waals surface area contributed by atoms with Crippen LogP contribution in [0.5, 0.6) is 0 Å². The fraction of sp³-hybridized carbons (Fsp3) is 0.250. The second kappa shape index (κ2) is 8.29. The average Bonchev–Trinajstić information content (AvgIpc) is 3.06. The van der Waals surface area contributed by atoms with Crippen molar-refractivity contribution in [2.24, 2.45) is 0 Å². The summed E-state index contributed by atoms with van der Waals surface area (Å²) >= 11 is 0. The molecular formula is C20H19NO5. The molecule has 2 aromatic rings. The monoisotopic (exact) mass is 353 g/mol. The Bertz CT molecular complexity index is 775. The molecule has 2 aromatic carbocycles. The molecule has 1 amide bonds. The lowest BCUT2D eigenvalue weighted by atomic mass is 10.0. The zero-order chi connectivity index (χ0) is 18.4. The summed E-state index contributed by atoms with van der Waals surface area (Å²) < 4.78 is 10.2. The summed E-state index contributed by atoms with van der Waals surface area (Å²) in [6.07, 6.45) is -0.281. The van der Waals surface area contributed by atoms with E-state index in [9.17, 15) is 14.4 Å². The lowest BCUT2D eigenvalue weighted by Crippen LogP contribution is -2.38. The van der Waals surface area contributed by atoms with E-state index in [1.807, 2.05) is 36.4 Å². The highest BCUT2D eigenvalue weighted by molar-refractivity contribution is 5.96. The minimum atomic E-state index is -0.800. The van der Waals surface area contributed by atoms with Crippen LogP contribution >= 0.6 is 0 Å². The van der Waals surface area contributed by atoms with Crippen molar-refractivity contribution >= 4 is 17.8 Å². The van der Waals surface area contributed by atoms with Crippen LogP contribution in [0.25, 0.3) is 0 Å². The van der Waals surface area contributed by atoms with Gasteiger partial charge in [0.2, 0.25) is 0 Å². The lowest BCUT2D eigenvalue weighted by Gasteiger charge is -2.19. The van der Waals surface area contributed by atoms with Gasteiger partial charge in [0, 0.05) is 12.0 Å². The molecule has 0 N–H and O–H groups in total. The van der Waals surface area contributed by atoms with Crippen LogP contribution in [0.15, 0.2) is 60.7 Å². The molecule has 26 heavy (non-hydrogen) atoms. The molecule has 1 saturated heterocycles. The van der Waals surface area contributed by atoms with Crippen molar-refractivity contribution in [3.63, 3.8) is 0 Å². The molecular weight excluding hydrogens is 334 g/mol. The predicted octanol–water partition coefficient (Wildman–Crippen LogP) is 3.17. The first-order chi connectivity index (χ1) is 12.6. The second-order valence-electron chi connectivity index (χ2n) is 5.95. The normalized spacial score (nSPS) is 16.2. The molecule has 0 radical (unpaired) electrons. The molecule has 0 aliphatic carbocycles. The van der Waals surface area contributed by atoms with Gasteiger partial charge in [-0.3, -0.25) is 9.69 Å². The molecule has 1 fully saturated rings. The number of hydrogen-bond acceptors (Lipinski definition) is 5. The third-order valence-electron chi connectivity index (χ3n) is 4.17. The summed E-state index contributed by atoms with van der Waals surface area (Å²) in [6.45, 7) is -0.0450. The third kappa shape index (κ3) is 4.27. The summed E-state index contributed by atoms with van der Waals surface area (Å²) in [5, 5.41) is 0. The minimum absolute atomic E-state index is 0.0806. The van der Waals surface area contributed by atoms with Gasteiger partial charge >= 0.3 is 12.1 Å². The topological polar surface area (TPSA) is 72.9 Å². The molecule has 0 aromatic heterocycles. The SMILES string of the molecule is O=C(CC[C@H]1C(=O)OCN1C(=O)OCc1ccccc1)c1ccccc1. The Balaban J connectivity index is 1.56. The molecule has 1 aliphatic rings. The third-order valence-corrected chi connectivity index (χ3v) is 4.17. The van der Waals surface area contributed by atoms with Crippen molar-refractivity contribution < 1.29 is 23.9 Å². The number of benzene rings is 2. The number of nitrogens with zero attached hydrogens (tertiary/aromatic N) is 1. The second-order valence-corrected chi connectivity index (χ2v) is 5.95. The summed E-state index contributed by atoms with van der Waals surface area (Å²) in [5.74, 6) is -0.592. The predicted molar refractivity (Wildman–Crippen MR) is 93.2 cm³/mol. The molecule has 0 spiro atoms. The van der Waals surface area contributed by atoms with Crippen molar-refractivity contribution in [3.8, 4) is 0 Å². The highest BCUT2D eigenvalue weighted by Gasteiger charge is 2.38. The Hall–Kier alpha value is -3.15. The number of amides is 1. The Kier molecular flexibility index (Phi) is 5.63. The van der Waals surface area contributed by atoms with Crippen molar-refractivity contribution in [1.29, 1.82) is 0 Å². The number of ketones is 1. The molecule has 0 saturated carbocycles. The molecule has 6 heteroatoms. The van der Waals surface area contributed by atoms with Crippen molar-refractivity contribution in [1.82, 2.24) is 4.90 Å². The van der Waals surface area contributed by atoms with E-state index in [0.717, 1.165) is 5.56 Å². The van der Waals surface area contributed by atoms with Gasteiger partial charge in [-0.15, -0.1) is 0 Å². The van der Waals surface area contributed by atoms with Gasteiger partial charge in [-0.25, -0.2) is 9.59 Å². The number of esters is 1. The highest BCUT2D eigenvalue weighted by atomic mass is 16.6. The van der Waals surface area contributed by atoms with E-state index < -0.39 is 18.1 Å². The summed E-state index contributed by atoms with van der Waals surface area (Å²) in [7, 11) is 0. The fourth-order valence-electron chi connectivity index (χ4n) is 2.74. The van der Waals surface area contributed by atoms with Crippen LogP contribution in [0.1, 0.15) is 28.8 Å². The van der Waals surface area contributed by atoms with Crippen LogP contribution in [-0.2, 0) is 20.9 Å². The standard InChI is InChI=1S/C20H19NO5/c22-18(16-9-5-2-6-10-16)12-11-17-19(23)26-14-21(17)20(24)25-13-15-7-3-1-4-8-15/h1-10,17H,11-14H2/t17-/m0/s1.